The van der Waals surface area contributed by atoms with Gasteiger partial charge in [0.1, 0.15) is 5.75 Å². The Balaban J connectivity index is 1.80. The van der Waals surface area contributed by atoms with E-state index in [4.69, 9.17) is 9.84 Å². The van der Waals surface area contributed by atoms with Crippen LogP contribution in [0.15, 0.2) is 24.3 Å². The fraction of sp³-hybridized carbons (Fsp3) is 0.364. The van der Waals surface area contributed by atoms with Crippen LogP contribution in [-0.2, 0) is 4.79 Å². The van der Waals surface area contributed by atoms with Gasteiger partial charge in [0.05, 0.1) is 12.5 Å². The van der Waals surface area contributed by atoms with Gasteiger partial charge in [0.2, 0.25) is 0 Å². The number of carboxylic acid groups (broad SMARTS) is 1. The number of halogens is 1. The Bertz CT molecular complexity index is 361. The van der Waals surface area contributed by atoms with Gasteiger partial charge in [-0.1, -0.05) is 0 Å². The van der Waals surface area contributed by atoms with Gasteiger partial charge in [-0.2, -0.15) is 0 Å². The summed E-state index contributed by atoms with van der Waals surface area (Å²) in [6.45, 7) is 0.511. The first-order valence-corrected chi connectivity index (χ1v) is 5.86. The van der Waals surface area contributed by atoms with Crippen LogP contribution in [0, 0.1) is 15.4 Å². The van der Waals surface area contributed by atoms with Crippen LogP contribution in [0.4, 0.5) is 0 Å². The molecule has 0 saturated heterocycles. The molecule has 3 nitrogen and oxygen atoms in total. The molecule has 0 aromatic heterocycles. The number of aliphatic carboxylic acids is 1. The minimum Gasteiger partial charge on any atom is -0.493 e. The van der Waals surface area contributed by atoms with Gasteiger partial charge in [0.15, 0.2) is 0 Å². The maximum atomic E-state index is 10.6. The molecule has 1 aliphatic carbocycles. The molecule has 0 amide bonds. The third-order valence-corrected chi connectivity index (χ3v) is 3.24. The Morgan fingerprint density at radius 2 is 2.13 bits per heavy atom. The lowest BCUT2D eigenvalue weighted by Gasteiger charge is -2.04. The van der Waals surface area contributed by atoms with Gasteiger partial charge in [-0.15, -0.1) is 0 Å². The summed E-state index contributed by atoms with van der Waals surface area (Å²) in [5.41, 5.74) is 0. The van der Waals surface area contributed by atoms with Crippen LogP contribution >= 0.6 is 22.6 Å². The van der Waals surface area contributed by atoms with Crippen molar-refractivity contribution in [2.75, 3.05) is 6.61 Å². The lowest BCUT2D eigenvalue weighted by Crippen LogP contribution is -2.06. The Labute approximate surface area is 102 Å². The number of carboxylic acids is 1. The van der Waals surface area contributed by atoms with Crippen LogP contribution in [0.2, 0.25) is 0 Å². The summed E-state index contributed by atoms with van der Waals surface area (Å²) in [5, 5.41) is 8.70. The SMILES string of the molecule is O=C(O)C1CC1COc1ccc(I)cc1. The van der Waals surface area contributed by atoms with Gasteiger partial charge in [0, 0.05) is 9.49 Å². The number of hydrogen-bond acceptors (Lipinski definition) is 2. The van der Waals surface area contributed by atoms with Crippen molar-refractivity contribution in [1.29, 1.82) is 0 Å². The van der Waals surface area contributed by atoms with Gasteiger partial charge < -0.3 is 9.84 Å². The van der Waals surface area contributed by atoms with Crippen LogP contribution in [0.3, 0.4) is 0 Å². The van der Waals surface area contributed by atoms with E-state index in [0.29, 0.717) is 6.61 Å². The summed E-state index contributed by atoms with van der Waals surface area (Å²) in [6, 6.07) is 7.74. The third-order valence-electron chi connectivity index (χ3n) is 2.52. The van der Waals surface area contributed by atoms with E-state index in [9.17, 15) is 4.79 Å². The highest BCUT2D eigenvalue weighted by Crippen LogP contribution is 2.38. The van der Waals surface area contributed by atoms with Gasteiger partial charge in [0.25, 0.3) is 0 Å². The highest BCUT2D eigenvalue weighted by Gasteiger charge is 2.43. The number of carbonyl (C=O) groups is 1. The average molecular weight is 318 g/mol. The fourth-order valence-electron chi connectivity index (χ4n) is 1.47. The Morgan fingerprint density at radius 3 is 2.67 bits per heavy atom. The van der Waals surface area contributed by atoms with E-state index in [-0.39, 0.29) is 11.8 Å². The summed E-state index contributed by atoms with van der Waals surface area (Å²) in [6.07, 6.45) is 0.750. The molecule has 80 valence electrons. The van der Waals surface area contributed by atoms with Crippen LogP contribution in [-0.4, -0.2) is 17.7 Å². The molecular weight excluding hydrogens is 307 g/mol. The molecule has 1 aliphatic rings. The van der Waals surface area contributed by atoms with Crippen LogP contribution in [0.5, 0.6) is 5.75 Å². The number of rotatable bonds is 4. The van der Waals surface area contributed by atoms with Crippen molar-refractivity contribution in [3.05, 3.63) is 27.8 Å². The lowest BCUT2D eigenvalue weighted by atomic mass is 10.3. The molecule has 0 heterocycles. The molecule has 0 radical (unpaired) electrons. The zero-order valence-corrected chi connectivity index (χ0v) is 10.2. The Hall–Kier alpha value is -0.780. The van der Waals surface area contributed by atoms with Crippen LogP contribution < -0.4 is 4.74 Å². The smallest absolute Gasteiger partial charge is 0.306 e. The molecule has 2 unspecified atom stereocenters. The summed E-state index contributed by atoms with van der Waals surface area (Å²) < 4.78 is 6.66. The second-order valence-electron chi connectivity index (χ2n) is 3.71. The highest BCUT2D eigenvalue weighted by molar-refractivity contribution is 14.1. The maximum absolute atomic E-state index is 10.6. The maximum Gasteiger partial charge on any atom is 0.306 e. The summed E-state index contributed by atoms with van der Waals surface area (Å²) >= 11 is 2.23. The molecule has 1 aromatic carbocycles. The zero-order valence-electron chi connectivity index (χ0n) is 8.02. The second kappa shape index (κ2) is 4.38. The van der Waals surface area contributed by atoms with Crippen LogP contribution in [0.1, 0.15) is 6.42 Å². The van der Waals surface area contributed by atoms with Crippen molar-refractivity contribution < 1.29 is 14.6 Å². The molecule has 1 fully saturated rings. The molecule has 2 atom stereocenters. The number of ether oxygens (including phenoxy) is 1. The normalized spacial score (nSPS) is 23.5. The standard InChI is InChI=1S/C11H11IO3/c12-8-1-3-9(4-2-8)15-6-7-5-10(7)11(13)14/h1-4,7,10H,5-6H2,(H,13,14). The average Bonchev–Trinajstić information content (AvgIpc) is 2.96. The van der Waals surface area contributed by atoms with Crippen molar-refractivity contribution in [3.63, 3.8) is 0 Å². The van der Waals surface area contributed by atoms with Gasteiger partial charge >= 0.3 is 5.97 Å². The molecule has 1 saturated carbocycles. The molecule has 4 heteroatoms. The van der Waals surface area contributed by atoms with E-state index in [1.54, 1.807) is 0 Å². The summed E-state index contributed by atoms with van der Waals surface area (Å²) in [5.74, 6) is 0.119. The van der Waals surface area contributed by atoms with Crippen molar-refractivity contribution in [2.45, 2.75) is 6.42 Å². The van der Waals surface area contributed by atoms with E-state index in [0.717, 1.165) is 15.7 Å². The lowest BCUT2D eigenvalue weighted by molar-refractivity contribution is -0.138. The first-order valence-electron chi connectivity index (χ1n) is 4.78. The van der Waals surface area contributed by atoms with E-state index in [1.165, 1.54) is 0 Å². The number of hydrogen-bond donors (Lipinski definition) is 1. The number of benzene rings is 1. The molecule has 2 rings (SSSR count). The molecular formula is C11H11IO3. The van der Waals surface area contributed by atoms with Gasteiger partial charge in [-0.25, -0.2) is 0 Å². The van der Waals surface area contributed by atoms with E-state index in [2.05, 4.69) is 22.6 Å². The predicted octanol–water partition coefficient (Wildman–Crippen LogP) is 2.39. The van der Waals surface area contributed by atoms with Gasteiger partial charge in [-0.3, -0.25) is 4.79 Å². The largest absolute Gasteiger partial charge is 0.493 e. The van der Waals surface area contributed by atoms with E-state index in [1.807, 2.05) is 24.3 Å². The quantitative estimate of drug-likeness (QED) is 0.867. The van der Waals surface area contributed by atoms with E-state index >= 15 is 0 Å². The molecule has 0 bridgehead atoms. The van der Waals surface area contributed by atoms with Crippen molar-refractivity contribution >= 4 is 28.6 Å². The molecule has 1 aromatic rings. The minimum atomic E-state index is -0.703. The molecule has 0 spiro atoms. The van der Waals surface area contributed by atoms with Crippen molar-refractivity contribution in [1.82, 2.24) is 0 Å². The molecule has 1 N–H and O–H groups in total. The van der Waals surface area contributed by atoms with Crippen molar-refractivity contribution in [2.24, 2.45) is 11.8 Å². The second-order valence-corrected chi connectivity index (χ2v) is 4.95. The first-order chi connectivity index (χ1) is 7.16. The van der Waals surface area contributed by atoms with E-state index < -0.39 is 5.97 Å². The fourth-order valence-corrected chi connectivity index (χ4v) is 1.83. The topological polar surface area (TPSA) is 46.5 Å². The summed E-state index contributed by atoms with van der Waals surface area (Å²) in [4.78, 5) is 10.6. The minimum absolute atomic E-state index is 0.186. The zero-order chi connectivity index (χ0) is 10.8. The third kappa shape index (κ3) is 2.84. The molecule has 15 heavy (non-hydrogen) atoms. The monoisotopic (exact) mass is 318 g/mol. The van der Waals surface area contributed by atoms with Crippen LogP contribution in [0.25, 0.3) is 0 Å². The predicted molar refractivity (Wildman–Crippen MR) is 63.9 cm³/mol. The van der Waals surface area contributed by atoms with Gasteiger partial charge in [-0.05, 0) is 53.3 Å². The van der Waals surface area contributed by atoms with Crippen molar-refractivity contribution in [3.8, 4) is 5.75 Å². The molecule has 0 aliphatic heterocycles. The Morgan fingerprint density at radius 1 is 1.47 bits per heavy atom. The summed E-state index contributed by atoms with van der Waals surface area (Å²) in [7, 11) is 0. The highest BCUT2D eigenvalue weighted by atomic mass is 127. The Kier molecular flexibility index (Phi) is 3.14. The first kappa shape index (κ1) is 10.7.